The summed E-state index contributed by atoms with van der Waals surface area (Å²) in [6.45, 7) is 1.44. The normalized spacial score (nSPS) is 17.7. The van der Waals surface area contributed by atoms with Crippen molar-refractivity contribution < 1.29 is 8.42 Å². The van der Waals surface area contributed by atoms with Crippen molar-refractivity contribution in [1.29, 1.82) is 0 Å². The molecule has 1 aliphatic carbocycles. The third kappa shape index (κ3) is 4.56. The Labute approximate surface area is 170 Å². The molecule has 2 aliphatic rings. The lowest BCUT2D eigenvalue weighted by molar-refractivity contribution is 0.349. The fourth-order valence-electron chi connectivity index (χ4n) is 3.58. The van der Waals surface area contributed by atoms with Crippen LogP contribution in [0.2, 0.25) is 0 Å². The summed E-state index contributed by atoms with van der Waals surface area (Å²) in [7, 11) is -2.89. The zero-order valence-corrected chi connectivity index (χ0v) is 17.3. The highest BCUT2D eigenvalue weighted by Crippen LogP contribution is 2.42. The van der Waals surface area contributed by atoms with Gasteiger partial charge in [-0.2, -0.15) is 0 Å². The molecule has 0 spiro atoms. The first kappa shape index (κ1) is 19.8. The molecular formula is C20H26N6O2S. The van der Waals surface area contributed by atoms with Crippen molar-refractivity contribution in [2.75, 3.05) is 25.1 Å². The summed E-state index contributed by atoms with van der Waals surface area (Å²) >= 11 is 0. The van der Waals surface area contributed by atoms with Crippen molar-refractivity contribution >= 4 is 27.0 Å². The summed E-state index contributed by atoms with van der Waals surface area (Å²) in [5.41, 5.74) is 10.6. The van der Waals surface area contributed by atoms with Crippen molar-refractivity contribution in [3.8, 4) is 11.3 Å². The highest BCUT2D eigenvalue weighted by Gasteiger charge is 2.27. The molecule has 1 aliphatic heterocycles. The highest BCUT2D eigenvalue weighted by atomic mass is 32.2. The summed E-state index contributed by atoms with van der Waals surface area (Å²) in [5.74, 6) is 1.13. The zero-order chi connectivity index (χ0) is 20.4. The van der Waals surface area contributed by atoms with Crippen LogP contribution in [0.5, 0.6) is 0 Å². The minimum absolute atomic E-state index is 0.486. The minimum Gasteiger partial charge on any atom is -0.383 e. The van der Waals surface area contributed by atoms with Crippen molar-refractivity contribution in [2.24, 2.45) is 0 Å². The van der Waals surface area contributed by atoms with E-state index in [2.05, 4.69) is 15.0 Å². The number of nitrogen functional groups attached to an aromatic ring is 1. The molecule has 2 fully saturated rings. The number of hydrogen-bond acceptors (Lipinski definition) is 6. The monoisotopic (exact) mass is 414 g/mol. The lowest BCUT2D eigenvalue weighted by Gasteiger charge is -2.23. The number of fused-ring (bicyclic) bond motifs is 1. The number of aromatic nitrogens is 4. The maximum absolute atomic E-state index is 10.9. The molecule has 0 bridgehead atoms. The molecule has 154 valence electrons. The molecule has 3 aromatic heterocycles. The molecule has 0 atom stereocenters. The Balaban J connectivity index is 0.000000174. The van der Waals surface area contributed by atoms with Crippen molar-refractivity contribution in [2.45, 2.75) is 38.0 Å². The van der Waals surface area contributed by atoms with Crippen LogP contribution in [0, 0.1) is 0 Å². The van der Waals surface area contributed by atoms with Crippen LogP contribution in [0.25, 0.3) is 22.4 Å². The second kappa shape index (κ2) is 8.08. The van der Waals surface area contributed by atoms with Gasteiger partial charge in [0.1, 0.15) is 11.3 Å². The van der Waals surface area contributed by atoms with Gasteiger partial charge in [-0.15, -0.1) is 0 Å². The Kier molecular flexibility index (Phi) is 5.51. The fraction of sp³-hybridized carbons (Fsp3) is 0.450. The summed E-state index contributed by atoms with van der Waals surface area (Å²) in [4.78, 5) is 16.4. The molecule has 0 radical (unpaired) electrons. The summed E-state index contributed by atoms with van der Waals surface area (Å²) in [6, 6.07) is 3.78. The van der Waals surface area contributed by atoms with Crippen LogP contribution in [0.4, 0.5) is 5.82 Å². The van der Waals surface area contributed by atoms with E-state index in [-0.39, 0.29) is 0 Å². The first-order valence-corrected chi connectivity index (χ1v) is 11.8. The average Bonchev–Trinajstić information content (AvgIpc) is 3.48. The fourth-order valence-corrected chi connectivity index (χ4v) is 4.50. The maximum Gasteiger partial charge on any atom is 0.211 e. The maximum atomic E-state index is 10.9. The molecule has 0 amide bonds. The first-order valence-electron chi connectivity index (χ1n) is 9.93. The molecule has 1 saturated carbocycles. The number of nitrogens with zero attached hydrogens (tertiary/aromatic N) is 4. The van der Waals surface area contributed by atoms with Crippen molar-refractivity contribution in [1.82, 2.24) is 24.2 Å². The molecule has 4 heterocycles. The number of aromatic amines is 1. The Bertz CT molecular complexity index is 1100. The Morgan fingerprint density at radius 2 is 1.93 bits per heavy atom. The van der Waals surface area contributed by atoms with Gasteiger partial charge in [-0.1, -0.05) is 6.42 Å². The number of hydrogen-bond donors (Lipinski definition) is 2. The molecule has 3 aromatic rings. The van der Waals surface area contributed by atoms with Gasteiger partial charge in [-0.3, -0.25) is 0 Å². The topological polar surface area (TPSA) is 118 Å². The van der Waals surface area contributed by atoms with E-state index in [9.17, 15) is 8.42 Å². The van der Waals surface area contributed by atoms with E-state index in [0.717, 1.165) is 48.4 Å². The van der Waals surface area contributed by atoms with E-state index in [1.807, 2.05) is 18.3 Å². The molecule has 0 aromatic carbocycles. The zero-order valence-electron chi connectivity index (χ0n) is 16.5. The number of H-pyrrole nitrogens is 1. The molecule has 3 N–H and O–H groups in total. The van der Waals surface area contributed by atoms with Crippen LogP contribution in [0.1, 0.15) is 43.6 Å². The van der Waals surface area contributed by atoms with Crippen LogP contribution in [0.3, 0.4) is 0 Å². The van der Waals surface area contributed by atoms with Gasteiger partial charge in [0.25, 0.3) is 0 Å². The van der Waals surface area contributed by atoms with E-state index in [4.69, 9.17) is 10.7 Å². The van der Waals surface area contributed by atoms with Crippen molar-refractivity contribution in [3.63, 3.8) is 0 Å². The van der Waals surface area contributed by atoms with E-state index in [1.165, 1.54) is 31.1 Å². The van der Waals surface area contributed by atoms with Crippen LogP contribution in [-0.4, -0.2) is 52.0 Å². The SMILES string of the molecule is CS(=O)(=O)N1CCCCC1.Nc1ncccc1-c1cnc2[nH]cc(C3CC3)c2n1. The van der Waals surface area contributed by atoms with E-state index >= 15 is 0 Å². The average molecular weight is 415 g/mol. The van der Waals surface area contributed by atoms with E-state index in [0.29, 0.717) is 11.7 Å². The third-order valence-electron chi connectivity index (χ3n) is 5.33. The Hall–Kier alpha value is -2.52. The standard InChI is InChI=1S/C14H13N5.C6H13NO2S/c15-13-9(2-1-5-16-13)11-7-18-14-12(19-11)10(6-17-14)8-3-4-8;1-10(8,9)7-5-3-2-4-6-7/h1-2,5-8H,3-4H2,(H2,15,16)(H,17,18);2-6H2,1H3. The predicted molar refractivity (Wildman–Crippen MR) is 114 cm³/mol. The van der Waals surface area contributed by atoms with Gasteiger partial charge in [-0.25, -0.2) is 27.7 Å². The number of nitrogens with one attached hydrogen (secondary N) is 1. The molecule has 1 saturated heterocycles. The first-order chi connectivity index (χ1) is 13.9. The summed E-state index contributed by atoms with van der Waals surface area (Å²) in [6.07, 6.45) is 12.4. The van der Waals surface area contributed by atoms with Gasteiger partial charge in [0.2, 0.25) is 10.0 Å². The molecular weight excluding hydrogens is 388 g/mol. The number of nitrogens with two attached hydrogens (primary N) is 1. The second-order valence-corrected chi connectivity index (χ2v) is 9.61. The number of sulfonamides is 1. The van der Waals surface area contributed by atoms with Gasteiger partial charge in [0, 0.05) is 36.6 Å². The Morgan fingerprint density at radius 3 is 2.55 bits per heavy atom. The smallest absolute Gasteiger partial charge is 0.211 e. The summed E-state index contributed by atoms with van der Waals surface area (Å²) < 4.78 is 23.4. The number of anilines is 1. The lowest BCUT2D eigenvalue weighted by Crippen LogP contribution is -2.34. The molecule has 29 heavy (non-hydrogen) atoms. The van der Waals surface area contributed by atoms with Gasteiger partial charge in [0.15, 0.2) is 5.65 Å². The largest absolute Gasteiger partial charge is 0.383 e. The van der Waals surface area contributed by atoms with Gasteiger partial charge in [0.05, 0.1) is 18.1 Å². The van der Waals surface area contributed by atoms with E-state index in [1.54, 1.807) is 16.7 Å². The van der Waals surface area contributed by atoms with Gasteiger partial charge >= 0.3 is 0 Å². The molecule has 0 unspecified atom stereocenters. The molecule has 8 nitrogen and oxygen atoms in total. The quantitative estimate of drug-likeness (QED) is 0.680. The Morgan fingerprint density at radius 1 is 1.17 bits per heavy atom. The van der Waals surface area contributed by atoms with Crippen LogP contribution >= 0.6 is 0 Å². The second-order valence-electron chi connectivity index (χ2n) is 7.63. The minimum atomic E-state index is -2.89. The van der Waals surface area contributed by atoms with Gasteiger partial charge in [-0.05, 0) is 43.7 Å². The number of pyridine rings is 1. The van der Waals surface area contributed by atoms with Crippen LogP contribution < -0.4 is 5.73 Å². The van der Waals surface area contributed by atoms with Crippen LogP contribution in [-0.2, 0) is 10.0 Å². The summed E-state index contributed by atoms with van der Waals surface area (Å²) in [5, 5.41) is 0. The predicted octanol–water partition coefficient (Wildman–Crippen LogP) is 2.91. The lowest BCUT2D eigenvalue weighted by atomic mass is 10.1. The molecule has 9 heteroatoms. The van der Waals surface area contributed by atoms with E-state index < -0.39 is 10.0 Å². The number of piperidine rings is 1. The van der Waals surface area contributed by atoms with Crippen LogP contribution in [0.15, 0.2) is 30.7 Å². The third-order valence-corrected chi connectivity index (χ3v) is 6.63. The van der Waals surface area contributed by atoms with Crippen molar-refractivity contribution in [3.05, 3.63) is 36.3 Å². The highest BCUT2D eigenvalue weighted by molar-refractivity contribution is 7.88. The van der Waals surface area contributed by atoms with Gasteiger partial charge < -0.3 is 10.7 Å². The molecule has 5 rings (SSSR count). The number of rotatable bonds is 3.